The number of aromatic nitrogens is 2. The second-order valence-corrected chi connectivity index (χ2v) is 23.2. The van der Waals surface area contributed by atoms with Crippen LogP contribution >= 0.6 is 0 Å². The van der Waals surface area contributed by atoms with E-state index < -0.39 is 11.1 Å². The Balaban J connectivity index is 1.25. The Bertz CT molecular complexity index is 3150. The van der Waals surface area contributed by atoms with Crippen LogP contribution in [0.3, 0.4) is 0 Å². The third-order valence-electron chi connectivity index (χ3n) is 14.2. The van der Waals surface area contributed by atoms with Gasteiger partial charge in [-0.2, -0.15) is 0 Å². The Morgan fingerprint density at radius 2 is 0.836 bits per heavy atom. The molecule has 0 radical (unpaired) electrons. The number of fused-ring (bicyclic) bond motifs is 4. The van der Waals surface area contributed by atoms with Crippen LogP contribution in [0.5, 0.6) is 11.5 Å². The van der Waals surface area contributed by atoms with Gasteiger partial charge in [0.15, 0.2) is 0 Å². The number of benzene rings is 6. The fraction of sp³-hybridized carbons (Fsp3) is 0.311. The predicted molar refractivity (Wildman–Crippen MR) is 275 cm³/mol. The van der Waals surface area contributed by atoms with Crippen molar-refractivity contribution in [1.82, 2.24) is 9.97 Å². The first kappa shape index (κ1) is 44.2. The Hall–Kier alpha value is -6.66. The van der Waals surface area contributed by atoms with E-state index in [0.717, 1.165) is 89.4 Å². The number of phenols is 2. The SMILES string of the molecule is CC(C)(C)CC(C)(C)c1cc(Cc2cc(C(C)(C)CC(C)(C)C)cc(C3(c4cc5ccccc5[nH]4)C=c4ccccc4=N3)c2O)c(O)c(C2(c3cc4ccccc4[nH]3)C=c3ccccc3=N2)c1. The van der Waals surface area contributed by atoms with E-state index in [2.05, 4.69) is 188 Å². The van der Waals surface area contributed by atoms with Crippen molar-refractivity contribution in [3.63, 3.8) is 0 Å². The van der Waals surface area contributed by atoms with E-state index in [-0.39, 0.29) is 39.6 Å². The predicted octanol–water partition coefficient (Wildman–Crippen LogP) is 11.8. The molecule has 2 atom stereocenters. The highest BCUT2D eigenvalue weighted by Crippen LogP contribution is 2.50. The molecule has 10 rings (SSSR count). The third-order valence-corrected chi connectivity index (χ3v) is 14.2. The summed E-state index contributed by atoms with van der Waals surface area (Å²) in [4.78, 5) is 18.6. The summed E-state index contributed by atoms with van der Waals surface area (Å²) in [6, 6.07) is 46.2. The van der Waals surface area contributed by atoms with Crippen LogP contribution in [0, 0.1) is 10.8 Å². The molecule has 0 aliphatic carbocycles. The molecule has 0 saturated heterocycles. The molecule has 6 aromatic carbocycles. The largest absolute Gasteiger partial charge is 0.507 e. The van der Waals surface area contributed by atoms with Crippen LogP contribution in [0.2, 0.25) is 0 Å². The molecule has 2 unspecified atom stereocenters. The fourth-order valence-electron chi connectivity index (χ4n) is 11.8. The topological polar surface area (TPSA) is 96.8 Å². The molecule has 0 fully saturated rings. The van der Waals surface area contributed by atoms with E-state index in [1.807, 2.05) is 36.4 Å². The number of H-pyrrole nitrogens is 2. The monoisotopic (exact) mass is 885 g/mol. The second kappa shape index (κ2) is 15.4. The molecule has 6 nitrogen and oxygen atoms in total. The molecule has 2 aliphatic rings. The minimum Gasteiger partial charge on any atom is -0.507 e. The average molecular weight is 885 g/mol. The highest BCUT2D eigenvalue weighted by Gasteiger charge is 2.43. The number of para-hydroxylation sites is 4. The van der Waals surface area contributed by atoms with Crippen molar-refractivity contribution >= 4 is 34.0 Å². The lowest BCUT2D eigenvalue weighted by molar-refractivity contribution is 0.283. The standard InChI is InChI=1S/C61H64N4O2/c1-56(2,3)36-58(7,8)44-28-42(54(66)46(32-44)60(34-40-21-13-17-25-50(40)64-60)52-30-38-19-11-15-23-48(38)62-52)27-43-29-45(59(9,10)37-57(4,5)6)33-47(55(43)67)61(35-41-22-14-18-26-51(41)65-61)53-31-39-20-12-16-24-49(39)63-53/h11-26,28-35,62-63,66-67H,27,36-37H2,1-10H3. The minimum atomic E-state index is -1.07. The lowest BCUT2D eigenvalue weighted by Crippen LogP contribution is -2.28. The first-order chi connectivity index (χ1) is 31.6. The number of aromatic amines is 2. The number of nitrogens with one attached hydrogen (secondary N) is 2. The maximum absolute atomic E-state index is 13.2. The van der Waals surface area contributed by atoms with Gasteiger partial charge in [-0.3, -0.25) is 9.98 Å². The minimum absolute atomic E-state index is 0.0204. The summed E-state index contributed by atoms with van der Waals surface area (Å²) in [6.07, 6.45) is 6.48. The van der Waals surface area contributed by atoms with E-state index in [1.54, 1.807) is 0 Å². The van der Waals surface area contributed by atoms with Gasteiger partial charge in [-0.1, -0.05) is 154 Å². The maximum atomic E-state index is 13.2. The number of nitrogens with zero attached hydrogens (tertiary/aromatic N) is 2. The molecular weight excluding hydrogens is 821 g/mol. The second-order valence-electron chi connectivity index (χ2n) is 23.2. The van der Waals surface area contributed by atoms with Crippen molar-refractivity contribution < 1.29 is 10.2 Å². The van der Waals surface area contributed by atoms with E-state index in [4.69, 9.17) is 9.98 Å². The van der Waals surface area contributed by atoms with Gasteiger partial charge in [-0.15, -0.1) is 0 Å². The van der Waals surface area contributed by atoms with Gasteiger partial charge in [-0.05, 0) is 139 Å². The van der Waals surface area contributed by atoms with Gasteiger partial charge in [0.25, 0.3) is 0 Å². The summed E-state index contributed by atoms with van der Waals surface area (Å²) in [5.74, 6) is 0.328. The summed E-state index contributed by atoms with van der Waals surface area (Å²) in [6.45, 7) is 23.0. The van der Waals surface area contributed by atoms with Crippen molar-refractivity contribution in [1.29, 1.82) is 0 Å². The number of rotatable bonds is 10. The van der Waals surface area contributed by atoms with Crippen LogP contribution in [-0.2, 0) is 28.3 Å². The molecule has 0 saturated carbocycles. The number of phenolic OH excluding ortho intramolecular Hbond substituents is 2. The van der Waals surface area contributed by atoms with Crippen LogP contribution in [0.4, 0.5) is 0 Å². The van der Waals surface area contributed by atoms with Crippen molar-refractivity contribution in [2.45, 2.75) is 110 Å². The van der Waals surface area contributed by atoms with Crippen LogP contribution < -0.4 is 21.2 Å². The van der Waals surface area contributed by atoms with Crippen molar-refractivity contribution in [2.75, 3.05) is 0 Å². The van der Waals surface area contributed by atoms with Crippen LogP contribution in [-0.4, -0.2) is 20.2 Å². The molecule has 340 valence electrons. The van der Waals surface area contributed by atoms with Crippen LogP contribution in [0.1, 0.15) is 127 Å². The molecule has 8 aromatic rings. The first-order valence-electron chi connectivity index (χ1n) is 23.9. The van der Waals surface area contributed by atoms with Gasteiger partial charge < -0.3 is 20.2 Å². The van der Waals surface area contributed by atoms with E-state index in [1.165, 1.54) is 0 Å². The number of hydrogen-bond acceptors (Lipinski definition) is 4. The van der Waals surface area contributed by atoms with Gasteiger partial charge in [-0.25, -0.2) is 0 Å². The Morgan fingerprint density at radius 3 is 1.21 bits per heavy atom. The third kappa shape index (κ3) is 7.88. The van der Waals surface area contributed by atoms with Gasteiger partial charge in [0, 0.05) is 28.6 Å². The Kier molecular flexibility index (Phi) is 10.2. The fourth-order valence-corrected chi connectivity index (χ4v) is 11.8. The first-order valence-corrected chi connectivity index (χ1v) is 23.9. The van der Waals surface area contributed by atoms with E-state index in [0.29, 0.717) is 11.1 Å². The van der Waals surface area contributed by atoms with Gasteiger partial charge in [0.2, 0.25) is 0 Å². The summed E-state index contributed by atoms with van der Waals surface area (Å²) < 4.78 is 0. The Labute approximate surface area is 394 Å². The molecule has 2 aliphatic heterocycles. The quantitative estimate of drug-likeness (QED) is 0.110. The molecule has 6 heteroatoms. The number of hydrogen-bond donors (Lipinski definition) is 4. The molecule has 4 heterocycles. The lowest BCUT2D eigenvalue weighted by atomic mass is 9.70. The van der Waals surface area contributed by atoms with Crippen molar-refractivity contribution in [3.8, 4) is 11.5 Å². The van der Waals surface area contributed by atoms with Crippen LogP contribution in [0.25, 0.3) is 34.0 Å². The number of aromatic hydroxyl groups is 2. The normalized spacial score (nSPS) is 18.3. The molecule has 0 spiro atoms. The Morgan fingerprint density at radius 1 is 0.463 bits per heavy atom. The molecular formula is C61H64N4O2. The average Bonchev–Trinajstić information content (AvgIpc) is 4.06. The zero-order valence-electron chi connectivity index (χ0n) is 40.8. The van der Waals surface area contributed by atoms with Crippen LogP contribution in [0.15, 0.2) is 143 Å². The van der Waals surface area contributed by atoms with Crippen molar-refractivity contribution in [2.24, 2.45) is 20.8 Å². The van der Waals surface area contributed by atoms with Crippen molar-refractivity contribution in [3.05, 3.63) is 199 Å². The van der Waals surface area contributed by atoms with Gasteiger partial charge in [0.1, 0.15) is 22.6 Å². The molecule has 4 N–H and O–H groups in total. The highest BCUT2D eigenvalue weighted by atomic mass is 16.3. The summed E-state index contributed by atoms with van der Waals surface area (Å²) in [7, 11) is 0. The molecule has 0 amide bonds. The van der Waals surface area contributed by atoms with E-state index in [9.17, 15) is 10.2 Å². The summed E-state index contributed by atoms with van der Waals surface area (Å²) in [5.41, 5.74) is 6.17. The molecule has 0 bridgehead atoms. The zero-order chi connectivity index (χ0) is 47.3. The highest BCUT2D eigenvalue weighted by molar-refractivity contribution is 5.83. The lowest BCUT2D eigenvalue weighted by Gasteiger charge is -2.36. The summed E-state index contributed by atoms with van der Waals surface area (Å²) >= 11 is 0. The molecule has 2 aromatic heterocycles. The van der Waals surface area contributed by atoms with Gasteiger partial charge >= 0.3 is 0 Å². The molecule has 67 heavy (non-hydrogen) atoms. The van der Waals surface area contributed by atoms with Gasteiger partial charge in [0.05, 0.1) is 22.1 Å². The zero-order valence-corrected chi connectivity index (χ0v) is 40.8. The smallest absolute Gasteiger partial charge is 0.149 e. The maximum Gasteiger partial charge on any atom is 0.149 e. The van der Waals surface area contributed by atoms with E-state index >= 15 is 0 Å². The summed E-state index contributed by atoms with van der Waals surface area (Å²) in [5, 5.41) is 32.3.